The zero-order valence-corrected chi connectivity index (χ0v) is 23.1. The molecule has 2 heterocycles. The van der Waals surface area contributed by atoms with Crippen LogP contribution in [0.1, 0.15) is 25.0 Å². The van der Waals surface area contributed by atoms with Gasteiger partial charge in [-0.1, -0.05) is 53.4 Å². The van der Waals surface area contributed by atoms with Gasteiger partial charge >= 0.3 is 0 Å². The summed E-state index contributed by atoms with van der Waals surface area (Å²) in [5.74, 6) is 3.12. The second-order valence-corrected chi connectivity index (χ2v) is 10.8. The van der Waals surface area contributed by atoms with Gasteiger partial charge in [0.05, 0.1) is 33.5 Å². The number of thioether (sulfide) groups is 1. The van der Waals surface area contributed by atoms with Crippen LogP contribution in [0.4, 0.5) is 10.9 Å². The van der Waals surface area contributed by atoms with E-state index in [2.05, 4.69) is 22.8 Å². The van der Waals surface area contributed by atoms with Gasteiger partial charge in [0, 0.05) is 12.3 Å². The van der Waals surface area contributed by atoms with E-state index in [1.807, 2.05) is 44.2 Å². The molecular weight excluding hydrogens is 510 g/mol. The summed E-state index contributed by atoms with van der Waals surface area (Å²) in [6.45, 7) is 4.28. The molecule has 0 amide bonds. The van der Waals surface area contributed by atoms with Crippen LogP contribution in [0.15, 0.2) is 47.6 Å². The molecule has 3 N–H and O–H groups in total. The smallest absolute Gasteiger partial charge is 0.203 e. The second-order valence-electron chi connectivity index (χ2n) is 8.85. The Kier molecular flexibility index (Phi) is 8.57. The molecule has 196 valence electrons. The Morgan fingerprint density at radius 2 is 1.65 bits per heavy atom. The predicted octanol–water partition coefficient (Wildman–Crippen LogP) is 5.20. The molecule has 2 aromatic carbocycles. The number of aromatic nitrogens is 3. The van der Waals surface area contributed by atoms with Gasteiger partial charge in [0.15, 0.2) is 33.3 Å². The molecular formula is C26H31N5O4S2. The standard InChI is InChI=1S/C26H31N5O4S2/c1-26(2,15-32)31-23-21-22(29-25(30-23)36-14-16-9-7-6-8-10-16)28-24(37-21)27-13-17-11-18(33-3)20(35-5)19(12-17)34-4/h6-12,32H,13-15H2,1-5H3,(H2,27,28,29,30,31). The average Bonchev–Trinajstić information content (AvgIpc) is 3.34. The lowest BCUT2D eigenvalue weighted by atomic mass is 10.1. The molecule has 0 saturated carbocycles. The van der Waals surface area contributed by atoms with Gasteiger partial charge < -0.3 is 30.0 Å². The van der Waals surface area contributed by atoms with Crippen LogP contribution in [-0.2, 0) is 12.3 Å². The van der Waals surface area contributed by atoms with Crippen molar-refractivity contribution in [2.75, 3.05) is 38.6 Å². The molecule has 2 aromatic heterocycles. The maximum atomic E-state index is 9.82. The van der Waals surface area contributed by atoms with Crippen molar-refractivity contribution < 1.29 is 19.3 Å². The molecule has 0 fully saturated rings. The number of aliphatic hydroxyl groups is 1. The predicted molar refractivity (Wildman–Crippen MR) is 149 cm³/mol. The summed E-state index contributed by atoms with van der Waals surface area (Å²) in [7, 11) is 4.77. The first-order valence-electron chi connectivity index (χ1n) is 11.6. The largest absolute Gasteiger partial charge is 0.493 e. The first kappa shape index (κ1) is 26.8. The van der Waals surface area contributed by atoms with Gasteiger partial charge in [-0.25, -0.2) is 9.97 Å². The summed E-state index contributed by atoms with van der Waals surface area (Å²) in [5.41, 5.74) is 2.17. The van der Waals surface area contributed by atoms with Gasteiger partial charge in [-0.2, -0.15) is 4.98 Å². The van der Waals surface area contributed by atoms with Crippen molar-refractivity contribution in [3.8, 4) is 17.2 Å². The van der Waals surface area contributed by atoms with E-state index < -0.39 is 5.54 Å². The van der Waals surface area contributed by atoms with Crippen LogP contribution in [0.2, 0.25) is 0 Å². The van der Waals surface area contributed by atoms with Crippen molar-refractivity contribution in [3.63, 3.8) is 0 Å². The van der Waals surface area contributed by atoms with E-state index in [1.165, 1.54) is 16.9 Å². The molecule has 0 radical (unpaired) electrons. The summed E-state index contributed by atoms with van der Waals surface area (Å²) in [4.78, 5) is 14.2. The molecule has 0 aliphatic rings. The number of aliphatic hydroxyl groups excluding tert-OH is 1. The molecule has 11 heteroatoms. The van der Waals surface area contributed by atoms with Crippen LogP contribution in [0.25, 0.3) is 10.3 Å². The molecule has 0 bridgehead atoms. The van der Waals surface area contributed by atoms with E-state index in [9.17, 15) is 5.11 Å². The van der Waals surface area contributed by atoms with Gasteiger partial charge in [-0.05, 0) is 37.1 Å². The Morgan fingerprint density at radius 3 is 2.27 bits per heavy atom. The van der Waals surface area contributed by atoms with Crippen molar-refractivity contribution in [3.05, 3.63) is 53.6 Å². The van der Waals surface area contributed by atoms with E-state index >= 15 is 0 Å². The lowest BCUT2D eigenvalue weighted by molar-refractivity contribution is 0.234. The highest BCUT2D eigenvalue weighted by Crippen LogP contribution is 2.39. The number of nitrogens with one attached hydrogen (secondary N) is 2. The van der Waals surface area contributed by atoms with Gasteiger partial charge in [0.2, 0.25) is 5.75 Å². The number of nitrogens with zero attached hydrogens (tertiary/aromatic N) is 3. The lowest BCUT2D eigenvalue weighted by Gasteiger charge is -2.24. The summed E-state index contributed by atoms with van der Waals surface area (Å²) in [6.07, 6.45) is 0. The average molecular weight is 542 g/mol. The highest BCUT2D eigenvalue weighted by molar-refractivity contribution is 7.98. The molecule has 0 spiro atoms. The minimum atomic E-state index is -0.559. The Morgan fingerprint density at radius 1 is 0.946 bits per heavy atom. The fourth-order valence-electron chi connectivity index (χ4n) is 3.53. The van der Waals surface area contributed by atoms with Gasteiger partial charge in [-0.15, -0.1) is 0 Å². The SMILES string of the molecule is COc1cc(CNc2nc3nc(SCc4ccccc4)nc(NC(C)(C)CO)c3s2)cc(OC)c1OC. The topological polar surface area (TPSA) is 111 Å². The summed E-state index contributed by atoms with van der Waals surface area (Å²) < 4.78 is 17.2. The minimum absolute atomic E-state index is 0.0456. The minimum Gasteiger partial charge on any atom is -0.493 e. The molecule has 9 nitrogen and oxygen atoms in total. The van der Waals surface area contributed by atoms with E-state index in [-0.39, 0.29) is 6.61 Å². The Bertz CT molecular complexity index is 1320. The third-order valence-electron chi connectivity index (χ3n) is 5.46. The maximum absolute atomic E-state index is 9.82. The zero-order chi connectivity index (χ0) is 26.4. The van der Waals surface area contributed by atoms with Gasteiger partial charge in [0.25, 0.3) is 0 Å². The number of anilines is 2. The number of rotatable bonds is 12. The van der Waals surface area contributed by atoms with Crippen molar-refractivity contribution in [2.45, 2.75) is 36.8 Å². The van der Waals surface area contributed by atoms with Crippen LogP contribution >= 0.6 is 23.1 Å². The van der Waals surface area contributed by atoms with Crippen molar-refractivity contribution in [1.82, 2.24) is 15.0 Å². The molecule has 37 heavy (non-hydrogen) atoms. The summed E-state index contributed by atoms with van der Waals surface area (Å²) in [6, 6.07) is 14.0. The first-order chi connectivity index (χ1) is 17.9. The number of ether oxygens (including phenoxy) is 3. The third kappa shape index (κ3) is 6.54. The normalized spacial score (nSPS) is 11.4. The van der Waals surface area contributed by atoms with Crippen LogP contribution in [0, 0.1) is 0 Å². The fourth-order valence-corrected chi connectivity index (χ4v) is 5.17. The van der Waals surface area contributed by atoms with Crippen molar-refractivity contribution in [2.24, 2.45) is 0 Å². The first-order valence-corrected chi connectivity index (χ1v) is 13.4. The molecule has 0 unspecified atom stereocenters. The summed E-state index contributed by atoms with van der Waals surface area (Å²) in [5, 5.41) is 17.9. The molecule has 4 rings (SSSR count). The van der Waals surface area contributed by atoms with Gasteiger partial charge in [-0.3, -0.25) is 0 Å². The zero-order valence-electron chi connectivity index (χ0n) is 21.5. The Labute approximate surface area is 224 Å². The molecule has 4 aromatic rings. The van der Waals surface area contributed by atoms with Crippen LogP contribution < -0.4 is 24.8 Å². The highest BCUT2D eigenvalue weighted by Gasteiger charge is 2.22. The van der Waals surface area contributed by atoms with Crippen LogP contribution in [0.5, 0.6) is 17.2 Å². The van der Waals surface area contributed by atoms with Gasteiger partial charge in [0.1, 0.15) is 4.70 Å². The number of fused-ring (bicyclic) bond motifs is 1. The molecule has 0 aliphatic heterocycles. The number of hydrogen-bond acceptors (Lipinski definition) is 11. The van der Waals surface area contributed by atoms with Crippen molar-refractivity contribution >= 4 is 44.4 Å². The van der Waals surface area contributed by atoms with Crippen molar-refractivity contribution in [1.29, 1.82) is 0 Å². The lowest BCUT2D eigenvalue weighted by Crippen LogP contribution is -2.35. The quantitative estimate of drug-likeness (QED) is 0.163. The molecule has 0 aliphatic carbocycles. The number of hydrogen-bond donors (Lipinski definition) is 3. The number of benzene rings is 2. The summed E-state index contributed by atoms with van der Waals surface area (Å²) >= 11 is 3.00. The second kappa shape index (κ2) is 11.8. The monoisotopic (exact) mass is 541 g/mol. The van der Waals surface area contributed by atoms with E-state index in [0.29, 0.717) is 45.5 Å². The van der Waals surface area contributed by atoms with Crippen LogP contribution in [-0.4, -0.2) is 53.5 Å². The van der Waals surface area contributed by atoms with Crippen LogP contribution in [0.3, 0.4) is 0 Å². The third-order valence-corrected chi connectivity index (χ3v) is 7.39. The Hall–Kier alpha value is -3.28. The molecule has 0 atom stereocenters. The maximum Gasteiger partial charge on any atom is 0.203 e. The van der Waals surface area contributed by atoms with E-state index in [4.69, 9.17) is 29.2 Å². The number of thiazole rings is 1. The highest BCUT2D eigenvalue weighted by atomic mass is 32.2. The van der Waals surface area contributed by atoms with E-state index in [0.717, 1.165) is 16.0 Å². The fraction of sp³-hybridized carbons (Fsp3) is 0.346. The Balaban J connectivity index is 1.61. The van der Waals surface area contributed by atoms with E-state index in [1.54, 1.807) is 33.1 Å². The molecule has 0 saturated heterocycles. The number of methoxy groups -OCH3 is 3.